The van der Waals surface area contributed by atoms with Crippen molar-refractivity contribution in [3.8, 4) is 11.5 Å². The molecule has 0 fully saturated rings. The van der Waals surface area contributed by atoms with E-state index in [4.69, 9.17) is 14.2 Å². The van der Waals surface area contributed by atoms with E-state index >= 15 is 0 Å². The van der Waals surface area contributed by atoms with Gasteiger partial charge >= 0.3 is 5.97 Å². The van der Waals surface area contributed by atoms with Crippen LogP contribution in [0.5, 0.6) is 11.5 Å². The molecule has 8 nitrogen and oxygen atoms in total. The number of rotatable bonds is 9. The Kier molecular flexibility index (Phi) is 8.36. The SMILES string of the molecule is CCOC(=O)C1=C(C)N=c2sc(=Cc3ccc(N(CC)CC)cc3)c(=O)n2C1c1cccc(OC)c1OC. The largest absolute Gasteiger partial charge is 0.493 e. The minimum atomic E-state index is -0.789. The van der Waals surface area contributed by atoms with E-state index in [2.05, 4.69) is 35.9 Å². The van der Waals surface area contributed by atoms with Gasteiger partial charge in [0.05, 0.1) is 36.6 Å². The molecule has 38 heavy (non-hydrogen) atoms. The number of aromatic nitrogens is 1. The second kappa shape index (κ2) is 11.7. The first-order valence-electron chi connectivity index (χ1n) is 12.6. The number of esters is 1. The maximum atomic E-state index is 13.9. The number of anilines is 1. The van der Waals surface area contributed by atoms with Crippen LogP contribution in [0.15, 0.2) is 63.5 Å². The zero-order valence-corrected chi connectivity index (χ0v) is 23.4. The summed E-state index contributed by atoms with van der Waals surface area (Å²) in [5.74, 6) is 0.418. The van der Waals surface area contributed by atoms with Crippen molar-refractivity contribution in [3.63, 3.8) is 0 Å². The molecule has 9 heteroatoms. The van der Waals surface area contributed by atoms with Crippen LogP contribution in [0.1, 0.15) is 44.9 Å². The molecule has 2 aromatic carbocycles. The van der Waals surface area contributed by atoms with Gasteiger partial charge in [0.25, 0.3) is 5.56 Å². The van der Waals surface area contributed by atoms with Gasteiger partial charge in [-0.25, -0.2) is 9.79 Å². The third kappa shape index (κ3) is 4.98. The zero-order valence-electron chi connectivity index (χ0n) is 22.6. The number of carbonyl (C=O) groups is 1. The quantitative estimate of drug-likeness (QED) is 0.389. The second-order valence-electron chi connectivity index (χ2n) is 8.65. The number of hydrogen-bond donors (Lipinski definition) is 0. The van der Waals surface area contributed by atoms with Gasteiger partial charge in [0.1, 0.15) is 6.04 Å². The molecule has 0 aliphatic carbocycles. The summed E-state index contributed by atoms with van der Waals surface area (Å²) in [6, 6.07) is 12.7. The summed E-state index contributed by atoms with van der Waals surface area (Å²) in [5.41, 5.74) is 3.19. The molecule has 0 bridgehead atoms. The third-order valence-electron chi connectivity index (χ3n) is 6.56. The normalized spacial score (nSPS) is 15.1. The Morgan fingerprint density at radius 1 is 1.08 bits per heavy atom. The average molecular weight is 536 g/mol. The van der Waals surface area contributed by atoms with Crippen molar-refractivity contribution in [3.05, 3.63) is 84.5 Å². The van der Waals surface area contributed by atoms with E-state index in [1.54, 1.807) is 31.6 Å². The number of thiazole rings is 1. The molecule has 0 N–H and O–H groups in total. The van der Waals surface area contributed by atoms with E-state index in [9.17, 15) is 9.59 Å². The number of allylic oxidation sites excluding steroid dienone is 1. The first-order valence-corrected chi connectivity index (χ1v) is 13.5. The van der Waals surface area contributed by atoms with Crippen molar-refractivity contribution >= 4 is 29.1 Å². The summed E-state index contributed by atoms with van der Waals surface area (Å²) in [4.78, 5) is 34.5. The van der Waals surface area contributed by atoms with Gasteiger partial charge in [-0.2, -0.15) is 0 Å². The summed E-state index contributed by atoms with van der Waals surface area (Å²) in [6.45, 7) is 9.79. The number of ether oxygens (including phenoxy) is 3. The highest BCUT2D eigenvalue weighted by atomic mass is 32.1. The summed E-state index contributed by atoms with van der Waals surface area (Å²) in [6.07, 6.45) is 1.86. The van der Waals surface area contributed by atoms with Crippen molar-refractivity contribution in [1.82, 2.24) is 4.57 Å². The minimum Gasteiger partial charge on any atom is -0.493 e. The van der Waals surface area contributed by atoms with Gasteiger partial charge in [-0.3, -0.25) is 9.36 Å². The first-order chi connectivity index (χ1) is 18.4. The molecule has 1 unspecified atom stereocenters. The number of fused-ring (bicyclic) bond motifs is 1. The summed E-state index contributed by atoms with van der Waals surface area (Å²) in [7, 11) is 3.08. The molecule has 3 aromatic rings. The van der Waals surface area contributed by atoms with E-state index in [1.165, 1.54) is 18.4 Å². The molecule has 4 rings (SSSR count). The lowest BCUT2D eigenvalue weighted by Crippen LogP contribution is -2.40. The molecule has 0 saturated carbocycles. The lowest BCUT2D eigenvalue weighted by molar-refractivity contribution is -0.139. The summed E-state index contributed by atoms with van der Waals surface area (Å²) < 4.78 is 18.7. The molecule has 2 heterocycles. The monoisotopic (exact) mass is 535 g/mol. The Hall–Kier alpha value is -3.85. The number of para-hydroxylation sites is 1. The van der Waals surface area contributed by atoms with E-state index in [0.717, 1.165) is 24.3 Å². The predicted octanol–water partition coefficient (Wildman–Crippen LogP) is 3.66. The Morgan fingerprint density at radius 2 is 1.79 bits per heavy atom. The fraction of sp³-hybridized carbons (Fsp3) is 0.345. The number of benzene rings is 2. The van der Waals surface area contributed by atoms with Gasteiger partial charge < -0.3 is 19.1 Å². The highest BCUT2D eigenvalue weighted by Gasteiger charge is 2.35. The Labute approximate surface area is 226 Å². The standard InChI is InChI=1S/C29H33N3O5S/c1-7-31(8-2)20-15-13-19(14-16-20)17-23-27(33)32-25(21-11-10-12-22(35-5)26(21)36-6)24(28(34)37-9-3)18(4)30-29(32)38-23/h10-17,25H,7-9H2,1-6H3. The van der Waals surface area contributed by atoms with Crippen LogP contribution in [-0.2, 0) is 9.53 Å². The Bertz CT molecular complexity index is 1530. The van der Waals surface area contributed by atoms with Crippen LogP contribution < -0.4 is 29.3 Å². The molecule has 0 amide bonds. The minimum absolute atomic E-state index is 0.200. The average Bonchev–Trinajstić information content (AvgIpc) is 3.23. The van der Waals surface area contributed by atoms with Crippen LogP contribution in [-0.4, -0.2) is 44.5 Å². The van der Waals surface area contributed by atoms with Crippen molar-refractivity contribution < 1.29 is 19.0 Å². The molecule has 0 radical (unpaired) electrons. The first kappa shape index (κ1) is 27.2. The second-order valence-corrected chi connectivity index (χ2v) is 9.66. The van der Waals surface area contributed by atoms with Crippen molar-refractivity contribution in [2.45, 2.75) is 33.7 Å². The fourth-order valence-electron chi connectivity index (χ4n) is 4.73. The van der Waals surface area contributed by atoms with E-state index in [0.29, 0.717) is 37.7 Å². The van der Waals surface area contributed by atoms with Gasteiger partial charge in [0, 0.05) is 24.3 Å². The van der Waals surface area contributed by atoms with Crippen LogP contribution >= 0.6 is 11.3 Å². The van der Waals surface area contributed by atoms with Crippen molar-refractivity contribution in [2.75, 3.05) is 38.8 Å². The molecular weight excluding hydrogens is 502 g/mol. The molecule has 0 saturated heterocycles. The summed E-state index contributed by atoms with van der Waals surface area (Å²) >= 11 is 1.29. The predicted molar refractivity (Wildman–Crippen MR) is 150 cm³/mol. The molecule has 1 aliphatic heterocycles. The fourth-order valence-corrected chi connectivity index (χ4v) is 5.78. The van der Waals surface area contributed by atoms with Gasteiger partial charge in [0.15, 0.2) is 16.3 Å². The van der Waals surface area contributed by atoms with Gasteiger partial charge in [-0.15, -0.1) is 0 Å². The lowest BCUT2D eigenvalue weighted by Gasteiger charge is -2.26. The maximum Gasteiger partial charge on any atom is 0.338 e. The number of methoxy groups -OCH3 is 2. The third-order valence-corrected chi connectivity index (χ3v) is 7.55. The van der Waals surface area contributed by atoms with Crippen molar-refractivity contribution in [2.24, 2.45) is 4.99 Å². The van der Waals surface area contributed by atoms with E-state index < -0.39 is 12.0 Å². The molecular formula is C29H33N3O5S. The van der Waals surface area contributed by atoms with Crippen LogP contribution in [0.4, 0.5) is 5.69 Å². The van der Waals surface area contributed by atoms with E-state index in [1.807, 2.05) is 30.3 Å². The van der Waals surface area contributed by atoms with Crippen LogP contribution in [0.25, 0.3) is 6.08 Å². The summed E-state index contributed by atoms with van der Waals surface area (Å²) in [5, 5.41) is 0. The van der Waals surface area contributed by atoms with Gasteiger partial charge in [-0.1, -0.05) is 35.6 Å². The lowest BCUT2D eigenvalue weighted by atomic mass is 9.94. The topological polar surface area (TPSA) is 82.4 Å². The number of hydrogen-bond acceptors (Lipinski definition) is 8. The molecule has 200 valence electrons. The van der Waals surface area contributed by atoms with Crippen molar-refractivity contribution in [1.29, 1.82) is 0 Å². The molecule has 1 aromatic heterocycles. The Morgan fingerprint density at radius 3 is 2.39 bits per heavy atom. The molecule has 1 aliphatic rings. The molecule has 0 spiro atoms. The maximum absolute atomic E-state index is 13.9. The highest BCUT2D eigenvalue weighted by molar-refractivity contribution is 7.07. The molecule has 1 atom stereocenters. The van der Waals surface area contributed by atoms with Gasteiger partial charge in [0.2, 0.25) is 0 Å². The van der Waals surface area contributed by atoms with E-state index in [-0.39, 0.29) is 12.2 Å². The van der Waals surface area contributed by atoms with Crippen LogP contribution in [0.3, 0.4) is 0 Å². The van der Waals surface area contributed by atoms with Gasteiger partial charge in [-0.05, 0) is 57.5 Å². The van der Waals surface area contributed by atoms with Crippen LogP contribution in [0, 0.1) is 0 Å². The van der Waals surface area contributed by atoms with Crippen LogP contribution in [0.2, 0.25) is 0 Å². The zero-order chi connectivity index (χ0) is 27.4. The smallest absolute Gasteiger partial charge is 0.338 e. The number of nitrogens with zero attached hydrogens (tertiary/aromatic N) is 3. The highest BCUT2D eigenvalue weighted by Crippen LogP contribution is 2.40. The number of carbonyl (C=O) groups excluding carboxylic acids is 1. The Balaban J connectivity index is 1.92.